The van der Waals surface area contributed by atoms with E-state index in [0.29, 0.717) is 12.2 Å². The number of hydrogen-bond acceptors (Lipinski definition) is 6. The van der Waals surface area contributed by atoms with Crippen LogP contribution in [0.15, 0.2) is 0 Å². The van der Waals surface area contributed by atoms with Crippen molar-refractivity contribution in [3.05, 3.63) is 0 Å². The van der Waals surface area contributed by atoms with Gasteiger partial charge in [-0.3, -0.25) is 4.79 Å². The van der Waals surface area contributed by atoms with Crippen LogP contribution in [0.4, 0.5) is 0 Å². The smallest absolute Gasteiger partial charge is 0.327 e. The predicted molar refractivity (Wildman–Crippen MR) is 51.6 cm³/mol. The standard InChI is InChI=1S/C7H16N2O3S/c1-6(4-10)5-13-3-2-7(11)12-9-8/h6,9-10H,2-5,8H2,1H3. The van der Waals surface area contributed by atoms with Crippen LogP contribution in [-0.4, -0.2) is 29.2 Å². The maximum Gasteiger partial charge on any atom is 0.327 e. The summed E-state index contributed by atoms with van der Waals surface area (Å²) in [4.78, 5) is 15.0. The number of rotatable bonds is 7. The van der Waals surface area contributed by atoms with Crippen molar-refractivity contribution in [2.24, 2.45) is 11.8 Å². The molecule has 6 heteroatoms. The fraction of sp³-hybridized carbons (Fsp3) is 0.857. The van der Waals surface area contributed by atoms with Gasteiger partial charge in [-0.1, -0.05) is 12.5 Å². The van der Waals surface area contributed by atoms with E-state index >= 15 is 0 Å². The first-order valence-corrected chi connectivity index (χ1v) is 5.20. The summed E-state index contributed by atoms with van der Waals surface area (Å²) in [5.74, 6) is 6.21. The van der Waals surface area contributed by atoms with Gasteiger partial charge in [-0.2, -0.15) is 11.8 Å². The maximum absolute atomic E-state index is 10.7. The van der Waals surface area contributed by atoms with Crippen LogP contribution in [0.2, 0.25) is 0 Å². The predicted octanol–water partition coefficient (Wildman–Crippen LogP) is -0.340. The lowest BCUT2D eigenvalue weighted by Crippen LogP contribution is -2.26. The Bertz CT molecular complexity index is 146. The fourth-order valence-electron chi connectivity index (χ4n) is 0.609. The molecule has 13 heavy (non-hydrogen) atoms. The average molecular weight is 208 g/mol. The maximum atomic E-state index is 10.7. The minimum atomic E-state index is -0.369. The Morgan fingerprint density at radius 2 is 2.46 bits per heavy atom. The van der Waals surface area contributed by atoms with E-state index in [4.69, 9.17) is 10.9 Å². The van der Waals surface area contributed by atoms with Gasteiger partial charge in [0.1, 0.15) is 0 Å². The molecule has 78 valence electrons. The molecule has 0 rings (SSSR count). The third kappa shape index (κ3) is 8.04. The second kappa shape index (κ2) is 8.31. The van der Waals surface area contributed by atoms with Crippen molar-refractivity contribution in [2.75, 3.05) is 18.1 Å². The molecule has 0 aromatic heterocycles. The van der Waals surface area contributed by atoms with Crippen molar-refractivity contribution in [1.29, 1.82) is 0 Å². The molecule has 1 unspecified atom stereocenters. The summed E-state index contributed by atoms with van der Waals surface area (Å²) in [6.07, 6.45) is 0.326. The van der Waals surface area contributed by atoms with Gasteiger partial charge in [0.15, 0.2) is 0 Å². The second-order valence-corrected chi connectivity index (χ2v) is 3.85. The summed E-state index contributed by atoms with van der Waals surface area (Å²) in [6, 6.07) is 0. The van der Waals surface area contributed by atoms with Crippen molar-refractivity contribution in [3.8, 4) is 0 Å². The van der Waals surface area contributed by atoms with Crippen molar-refractivity contribution in [2.45, 2.75) is 13.3 Å². The molecular formula is C7H16N2O3S. The van der Waals surface area contributed by atoms with E-state index in [1.54, 1.807) is 11.8 Å². The van der Waals surface area contributed by atoms with Gasteiger partial charge in [0.25, 0.3) is 0 Å². The number of carbonyl (C=O) groups is 1. The van der Waals surface area contributed by atoms with E-state index in [-0.39, 0.29) is 18.5 Å². The summed E-state index contributed by atoms with van der Waals surface area (Å²) in [5.41, 5.74) is 1.83. The first-order valence-electron chi connectivity index (χ1n) is 4.04. The van der Waals surface area contributed by atoms with Gasteiger partial charge in [0.05, 0.1) is 6.42 Å². The van der Waals surface area contributed by atoms with E-state index in [9.17, 15) is 4.79 Å². The summed E-state index contributed by atoms with van der Waals surface area (Å²) in [6.45, 7) is 2.13. The zero-order valence-electron chi connectivity index (χ0n) is 7.66. The van der Waals surface area contributed by atoms with Crippen LogP contribution in [0.5, 0.6) is 0 Å². The molecule has 0 aliphatic rings. The fourth-order valence-corrected chi connectivity index (χ4v) is 1.59. The molecule has 0 aliphatic carbocycles. The highest BCUT2D eigenvalue weighted by atomic mass is 32.2. The molecule has 4 N–H and O–H groups in total. The van der Waals surface area contributed by atoms with Crippen LogP contribution >= 0.6 is 11.8 Å². The molecule has 0 saturated heterocycles. The molecular weight excluding hydrogens is 192 g/mol. The molecule has 0 fully saturated rings. The Balaban J connectivity index is 3.20. The number of thioether (sulfide) groups is 1. The lowest BCUT2D eigenvalue weighted by Gasteiger charge is -2.06. The van der Waals surface area contributed by atoms with Gasteiger partial charge in [-0.15, -0.1) is 0 Å². The summed E-state index contributed by atoms with van der Waals surface area (Å²) in [5, 5.41) is 8.70. The van der Waals surface area contributed by atoms with Gasteiger partial charge in [-0.05, 0) is 11.7 Å². The van der Waals surface area contributed by atoms with Gasteiger partial charge >= 0.3 is 5.97 Å². The lowest BCUT2D eigenvalue weighted by atomic mass is 10.2. The number of hydrazine groups is 1. The largest absolute Gasteiger partial charge is 0.396 e. The van der Waals surface area contributed by atoms with E-state index in [0.717, 1.165) is 5.75 Å². The molecule has 0 bridgehead atoms. The van der Waals surface area contributed by atoms with Crippen LogP contribution in [-0.2, 0) is 9.63 Å². The number of nitrogens with one attached hydrogen (secondary N) is 1. The van der Waals surface area contributed by atoms with Crippen molar-refractivity contribution in [1.82, 2.24) is 5.59 Å². The quantitative estimate of drug-likeness (QED) is 0.301. The number of carbonyl (C=O) groups excluding carboxylic acids is 1. The Morgan fingerprint density at radius 1 is 1.77 bits per heavy atom. The van der Waals surface area contributed by atoms with E-state index in [2.05, 4.69) is 4.84 Å². The molecule has 5 nitrogen and oxygen atoms in total. The van der Waals surface area contributed by atoms with Gasteiger partial charge in [0.2, 0.25) is 0 Å². The number of aliphatic hydroxyl groups is 1. The Morgan fingerprint density at radius 3 is 3.00 bits per heavy atom. The zero-order chi connectivity index (χ0) is 10.1. The van der Waals surface area contributed by atoms with E-state index < -0.39 is 0 Å². The molecule has 0 saturated carbocycles. The van der Waals surface area contributed by atoms with Gasteiger partial charge < -0.3 is 9.94 Å². The lowest BCUT2D eigenvalue weighted by molar-refractivity contribution is -0.150. The number of nitrogens with two attached hydrogens (primary N) is 1. The molecule has 0 amide bonds. The molecule has 0 aromatic carbocycles. The van der Waals surface area contributed by atoms with Crippen molar-refractivity contribution >= 4 is 17.7 Å². The van der Waals surface area contributed by atoms with Gasteiger partial charge in [-0.25, -0.2) is 5.84 Å². The van der Waals surface area contributed by atoms with Crippen LogP contribution in [0.3, 0.4) is 0 Å². The van der Waals surface area contributed by atoms with Crippen LogP contribution < -0.4 is 11.4 Å². The highest BCUT2D eigenvalue weighted by molar-refractivity contribution is 7.99. The van der Waals surface area contributed by atoms with Crippen LogP contribution in [0.25, 0.3) is 0 Å². The monoisotopic (exact) mass is 208 g/mol. The summed E-state index contributed by atoms with van der Waals surface area (Å²) >= 11 is 1.61. The molecule has 0 spiro atoms. The first-order chi connectivity index (χ1) is 6.20. The van der Waals surface area contributed by atoms with Crippen molar-refractivity contribution < 1.29 is 14.7 Å². The molecule has 0 aromatic rings. The molecule has 1 atom stereocenters. The second-order valence-electron chi connectivity index (χ2n) is 2.70. The molecule has 0 heterocycles. The normalized spacial score (nSPS) is 12.5. The minimum absolute atomic E-state index is 0.182. The highest BCUT2D eigenvalue weighted by Gasteiger charge is 2.03. The topological polar surface area (TPSA) is 84.6 Å². The number of hydrogen-bond donors (Lipinski definition) is 3. The van der Waals surface area contributed by atoms with Crippen molar-refractivity contribution in [3.63, 3.8) is 0 Å². The third-order valence-corrected chi connectivity index (χ3v) is 2.63. The molecule has 0 aliphatic heterocycles. The Labute approximate surface area is 81.9 Å². The first kappa shape index (κ1) is 12.7. The van der Waals surface area contributed by atoms with Gasteiger partial charge in [0, 0.05) is 12.4 Å². The SMILES string of the molecule is CC(CO)CSCCC(=O)ONN. The third-order valence-electron chi connectivity index (χ3n) is 1.34. The Hall–Kier alpha value is -0.300. The van der Waals surface area contributed by atoms with Crippen LogP contribution in [0.1, 0.15) is 13.3 Å². The zero-order valence-corrected chi connectivity index (χ0v) is 8.47. The van der Waals surface area contributed by atoms with E-state index in [1.807, 2.05) is 12.5 Å². The number of aliphatic hydroxyl groups excluding tert-OH is 1. The Kier molecular flexibility index (Phi) is 8.11. The summed E-state index contributed by atoms with van der Waals surface area (Å²) < 4.78 is 0. The van der Waals surface area contributed by atoms with Crippen LogP contribution in [0, 0.1) is 5.92 Å². The van der Waals surface area contributed by atoms with E-state index in [1.165, 1.54) is 0 Å². The minimum Gasteiger partial charge on any atom is -0.396 e. The average Bonchev–Trinajstić information content (AvgIpc) is 2.12. The highest BCUT2D eigenvalue weighted by Crippen LogP contribution is 2.08. The molecule has 0 radical (unpaired) electrons. The summed E-state index contributed by atoms with van der Waals surface area (Å²) in [7, 11) is 0.